The Kier molecular flexibility index (Phi) is 2.51. The fraction of sp³-hybridized carbons (Fsp3) is 0.909. The molecule has 0 spiro atoms. The minimum absolute atomic E-state index is 0.263. The van der Waals surface area contributed by atoms with E-state index in [1.165, 1.54) is 12.8 Å². The number of rotatable bonds is 2. The van der Waals surface area contributed by atoms with Gasteiger partial charge in [0.05, 0.1) is 13.2 Å². The lowest BCUT2D eigenvalue weighted by molar-refractivity contribution is -0.124. The summed E-state index contributed by atoms with van der Waals surface area (Å²) in [7, 11) is 0. The van der Waals surface area contributed by atoms with Crippen LogP contribution < -0.4 is 5.32 Å². The second kappa shape index (κ2) is 3.74. The van der Waals surface area contributed by atoms with Crippen molar-refractivity contribution in [3.8, 4) is 0 Å². The van der Waals surface area contributed by atoms with E-state index in [2.05, 4.69) is 21.2 Å². The van der Waals surface area contributed by atoms with Crippen molar-refractivity contribution in [2.24, 2.45) is 17.8 Å². The van der Waals surface area contributed by atoms with Gasteiger partial charge < -0.3 is 10.1 Å². The predicted octanol–water partition coefficient (Wildman–Crippen LogP) is 1.31. The molecule has 2 aliphatic carbocycles. The number of hydrogen-bond donors (Lipinski definition) is 1. The number of carbonyl (C=O) groups is 1. The largest absolute Gasteiger partial charge is 0.381 e. The lowest BCUT2D eigenvalue weighted by atomic mass is 10.2. The van der Waals surface area contributed by atoms with E-state index in [0.29, 0.717) is 22.7 Å². The zero-order valence-electron chi connectivity index (χ0n) is 8.62. The summed E-state index contributed by atoms with van der Waals surface area (Å²) in [5.41, 5.74) is 0. The summed E-state index contributed by atoms with van der Waals surface area (Å²) < 4.78 is 5.29. The first-order chi connectivity index (χ1) is 7.27. The van der Waals surface area contributed by atoms with Crippen LogP contribution in [0.5, 0.6) is 0 Å². The van der Waals surface area contributed by atoms with E-state index >= 15 is 0 Å². The van der Waals surface area contributed by atoms with Crippen molar-refractivity contribution in [3.63, 3.8) is 0 Å². The van der Waals surface area contributed by atoms with Crippen LogP contribution in [0.4, 0.5) is 0 Å². The number of fused-ring (bicyclic) bond motifs is 1. The molecule has 1 heterocycles. The highest BCUT2D eigenvalue weighted by Gasteiger charge is 2.58. The summed E-state index contributed by atoms with van der Waals surface area (Å²) in [5.74, 6) is 1.59. The number of amides is 1. The van der Waals surface area contributed by atoms with E-state index in [-0.39, 0.29) is 11.8 Å². The summed E-state index contributed by atoms with van der Waals surface area (Å²) >= 11 is 3.62. The number of halogens is 1. The van der Waals surface area contributed by atoms with Crippen LogP contribution in [0.2, 0.25) is 0 Å². The molecule has 2 saturated carbocycles. The third kappa shape index (κ3) is 1.72. The Morgan fingerprint density at radius 1 is 1.27 bits per heavy atom. The van der Waals surface area contributed by atoms with Crippen molar-refractivity contribution in [2.45, 2.75) is 30.1 Å². The highest BCUT2D eigenvalue weighted by molar-refractivity contribution is 9.09. The van der Waals surface area contributed by atoms with Gasteiger partial charge in [0.2, 0.25) is 5.91 Å². The molecule has 3 aliphatic rings. The zero-order chi connectivity index (χ0) is 10.4. The Balaban J connectivity index is 1.53. The number of ether oxygens (including phenoxy) is 1. The second-order valence-corrected chi connectivity index (χ2v) is 6.13. The smallest absolute Gasteiger partial charge is 0.224 e. The molecule has 1 aliphatic heterocycles. The van der Waals surface area contributed by atoms with Crippen LogP contribution in [0.25, 0.3) is 0 Å². The zero-order valence-corrected chi connectivity index (χ0v) is 10.2. The van der Waals surface area contributed by atoms with E-state index < -0.39 is 0 Å². The predicted molar refractivity (Wildman–Crippen MR) is 59.8 cm³/mol. The first-order valence-electron chi connectivity index (χ1n) is 5.79. The third-order valence-corrected chi connectivity index (χ3v) is 5.11. The minimum atomic E-state index is 0.263. The molecule has 0 aromatic rings. The first-order valence-corrected chi connectivity index (χ1v) is 6.71. The molecule has 3 rings (SSSR count). The quantitative estimate of drug-likeness (QED) is 0.771. The highest BCUT2D eigenvalue weighted by atomic mass is 79.9. The van der Waals surface area contributed by atoms with E-state index in [1.54, 1.807) is 0 Å². The molecule has 15 heavy (non-hydrogen) atoms. The van der Waals surface area contributed by atoms with E-state index in [4.69, 9.17) is 4.74 Å². The van der Waals surface area contributed by atoms with Gasteiger partial charge in [-0.3, -0.25) is 4.79 Å². The van der Waals surface area contributed by atoms with Crippen molar-refractivity contribution < 1.29 is 9.53 Å². The molecule has 84 valence electrons. The standard InChI is InChI=1S/C11H16BrNO2/c12-8-2-1-3-9(8)13-11(14)10-6-4-15-5-7(6)10/h6-10H,1-5H2,(H,13,14). The maximum Gasteiger partial charge on any atom is 0.224 e. The van der Waals surface area contributed by atoms with Crippen molar-refractivity contribution in [1.82, 2.24) is 5.32 Å². The van der Waals surface area contributed by atoms with Gasteiger partial charge in [-0.15, -0.1) is 0 Å². The maximum absolute atomic E-state index is 11.9. The summed E-state index contributed by atoms with van der Waals surface area (Å²) in [4.78, 5) is 12.4. The van der Waals surface area contributed by atoms with Crippen LogP contribution in [0.1, 0.15) is 19.3 Å². The van der Waals surface area contributed by atoms with Crippen LogP contribution in [0.15, 0.2) is 0 Å². The summed E-state index contributed by atoms with van der Waals surface area (Å²) in [6.07, 6.45) is 3.54. The normalized spacial score (nSPS) is 47.7. The number of alkyl halides is 1. The van der Waals surface area contributed by atoms with Gasteiger partial charge in [-0.1, -0.05) is 22.4 Å². The number of carbonyl (C=O) groups excluding carboxylic acids is 1. The minimum Gasteiger partial charge on any atom is -0.381 e. The Hall–Kier alpha value is -0.0900. The van der Waals surface area contributed by atoms with Crippen molar-refractivity contribution in [3.05, 3.63) is 0 Å². The lowest BCUT2D eigenvalue weighted by Gasteiger charge is -2.16. The molecule has 3 nitrogen and oxygen atoms in total. The van der Waals surface area contributed by atoms with Gasteiger partial charge in [-0.05, 0) is 24.7 Å². The van der Waals surface area contributed by atoms with Gasteiger partial charge in [0.1, 0.15) is 0 Å². The van der Waals surface area contributed by atoms with E-state index in [0.717, 1.165) is 19.6 Å². The van der Waals surface area contributed by atoms with Crippen LogP contribution in [0, 0.1) is 17.8 Å². The lowest BCUT2D eigenvalue weighted by Crippen LogP contribution is -2.39. The Bertz CT molecular complexity index is 274. The molecular formula is C11H16BrNO2. The molecule has 0 bridgehead atoms. The Morgan fingerprint density at radius 3 is 2.60 bits per heavy atom. The Labute approximate surface area is 98.1 Å². The van der Waals surface area contributed by atoms with Crippen molar-refractivity contribution >= 4 is 21.8 Å². The van der Waals surface area contributed by atoms with Gasteiger partial charge in [0, 0.05) is 16.8 Å². The van der Waals surface area contributed by atoms with Gasteiger partial charge >= 0.3 is 0 Å². The molecule has 4 atom stereocenters. The van der Waals surface area contributed by atoms with E-state index in [1.807, 2.05) is 0 Å². The molecule has 0 aromatic carbocycles. The van der Waals surface area contributed by atoms with Crippen molar-refractivity contribution in [1.29, 1.82) is 0 Å². The summed E-state index contributed by atoms with van der Waals surface area (Å²) in [6, 6.07) is 0.361. The van der Waals surface area contributed by atoms with Gasteiger partial charge in [-0.25, -0.2) is 0 Å². The molecule has 3 fully saturated rings. The highest BCUT2D eigenvalue weighted by Crippen LogP contribution is 2.50. The maximum atomic E-state index is 11.9. The van der Waals surface area contributed by atoms with E-state index in [9.17, 15) is 4.79 Å². The monoisotopic (exact) mass is 273 g/mol. The second-order valence-electron chi connectivity index (χ2n) is 4.95. The van der Waals surface area contributed by atoms with Crippen LogP contribution >= 0.6 is 15.9 Å². The molecular weight excluding hydrogens is 258 g/mol. The van der Waals surface area contributed by atoms with Crippen LogP contribution in [-0.2, 0) is 9.53 Å². The fourth-order valence-corrected chi connectivity index (χ4v) is 3.71. The van der Waals surface area contributed by atoms with Crippen LogP contribution in [0.3, 0.4) is 0 Å². The molecule has 1 amide bonds. The van der Waals surface area contributed by atoms with Gasteiger partial charge in [-0.2, -0.15) is 0 Å². The fourth-order valence-electron chi connectivity index (χ4n) is 2.98. The summed E-state index contributed by atoms with van der Waals surface area (Å²) in [6.45, 7) is 1.59. The summed E-state index contributed by atoms with van der Waals surface area (Å²) in [5, 5.41) is 3.18. The van der Waals surface area contributed by atoms with Crippen molar-refractivity contribution in [2.75, 3.05) is 13.2 Å². The number of nitrogens with one attached hydrogen (secondary N) is 1. The molecule has 0 aromatic heterocycles. The first kappa shape index (κ1) is 10.1. The average molecular weight is 274 g/mol. The SMILES string of the molecule is O=C(NC1CCCC1Br)C1C2COCC21. The molecule has 4 heteroatoms. The average Bonchev–Trinajstić information content (AvgIpc) is 2.60. The van der Waals surface area contributed by atoms with Gasteiger partial charge in [0.15, 0.2) is 0 Å². The van der Waals surface area contributed by atoms with Gasteiger partial charge in [0.25, 0.3) is 0 Å². The molecule has 4 unspecified atom stereocenters. The molecule has 1 saturated heterocycles. The third-order valence-electron chi connectivity index (χ3n) is 4.01. The van der Waals surface area contributed by atoms with Crippen LogP contribution in [-0.4, -0.2) is 30.0 Å². The molecule has 0 radical (unpaired) electrons. The Morgan fingerprint density at radius 2 is 2.00 bits per heavy atom. The topological polar surface area (TPSA) is 38.3 Å². The molecule has 1 N–H and O–H groups in total. The number of hydrogen-bond acceptors (Lipinski definition) is 2.